The van der Waals surface area contributed by atoms with Crippen LogP contribution in [0.5, 0.6) is 5.75 Å². The van der Waals surface area contributed by atoms with Crippen LogP contribution in [0, 0.1) is 0 Å². The number of amides is 2. The largest absolute Gasteiger partial charge is 0.494 e. The maximum absolute atomic E-state index is 11.9. The molecule has 3 aliphatic heterocycles. The van der Waals surface area contributed by atoms with Gasteiger partial charge in [-0.1, -0.05) is 6.42 Å². The average molecular weight is 401 g/mol. The maximum atomic E-state index is 11.9. The van der Waals surface area contributed by atoms with Gasteiger partial charge in [-0.2, -0.15) is 0 Å². The van der Waals surface area contributed by atoms with E-state index in [-0.39, 0.29) is 24.5 Å². The molecule has 0 bridgehead atoms. The Morgan fingerprint density at radius 2 is 2.14 bits per heavy atom. The number of aliphatic imine (C=N–C) groups is 1. The summed E-state index contributed by atoms with van der Waals surface area (Å²) in [5, 5.41) is 12.2. The SMILES string of the molecule is NC(=O)C(CCOc1ccc2c(c1)CN1C(=N2)NC(=O)C1CO)N1CCCCC1. The topological polar surface area (TPSA) is 120 Å². The molecule has 4 N–H and O–H groups in total. The van der Waals surface area contributed by atoms with E-state index in [0.717, 1.165) is 37.2 Å². The highest BCUT2D eigenvalue weighted by Gasteiger charge is 2.38. The van der Waals surface area contributed by atoms with E-state index in [4.69, 9.17) is 10.5 Å². The van der Waals surface area contributed by atoms with Gasteiger partial charge in [0.1, 0.15) is 11.8 Å². The maximum Gasteiger partial charge on any atom is 0.251 e. The Kier molecular flexibility index (Phi) is 5.68. The van der Waals surface area contributed by atoms with Crippen molar-refractivity contribution in [3.05, 3.63) is 23.8 Å². The van der Waals surface area contributed by atoms with E-state index in [0.29, 0.717) is 31.3 Å². The van der Waals surface area contributed by atoms with Crippen LogP contribution in [0.25, 0.3) is 0 Å². The zero-order chi connectivity index (χ0) is 20.4. The lowest BCUT2D eigenvalue weighted by atomic mass is 10.1. The molecule has 0 spiro atoms. The molecule has 9 nitrogen and oxygen atoms in total. The molecule has 1 aromatic carbocycles. The minimum Gasteiger partial charge on any atom is -0.494 e. The summed E-state index contributed by atoms with van der Waals surface area (Å²) >= 11 is 0. The molecule has 3 aliphatic rings. The predicted octanol–water partition coefficient (Wildman–Crippen LogP) is 0.0891. The highest BCUT2D eigenvalue weighted by atomic mass is 16.5. The van der Waals surface area contributed by atoms with Gasteiger partial charge in [0.15, 0.2) is 0 Å². The molecule has 0 saturated carbocycles. The lowest BCUT2D eigenvalue weighted by Gasteiger charge is -2.32. The molecule has 0 aromatic heterocycles. The summed E-state index contributed by atoms with van der Waals surface area (Å²) in [7, 11) is 0. The summed E-state index contributed by atoms with van der Waals surface area (Å²) in [5.74, 6) is 0.610. The molecule has 29 heavy (non-hydrogen) atoms. The van der Waals surface area contributed by atoms with Crippen molar-refractivity contribution in [2.45, 2.75) is 44.3 Å². The molecule has 9 heteroatoms. The summed E-state index contributed by atoms with van der Waals surface area (Å²) in [6.45, 7) is 2.40. The Bertz CT molecular complexity index is 821. The Labute approximate surface area is 169 Å². The number of nitrogens with zero attached hydrogens (tertiary/aromatic N) is 3. The first kappa shape index (κ1) is 19.7. The summed E-state index contributed by atoms with van der Waals surface area (Å²) < 4.78 is 5.90. The zero-order valence-corrected chi connectivity index (χ0v) is 16.3. The number of aliphatic hydroxyl groups excluding tert-OH is 1. The van der Waals surface area contributed by atoms with Crippen LogP contribution in [-0.4, -0.2) is 71.1 Å². The number of hydrogen-bond donors (Lipinski definition) is 3. The highest BCUT2D eigenvalue weighted by Crippen LogP contribution is 2.32. The van der Waals surface area contributed by atoms with Crippen molar-refractivity contribution in [2.24, 2.45) is 10.7 Å². The van der Waals surface area contributed by atoms with E-state index >= 15 is 0 Å². The van der Waals surface area contributed by atoms with Gasteiger partial charge in [-0.15, -0.1) is 0 Å². The summed E-state index contributed by atoms with van der Waals surface area (Å²) in [6, 6.07) is 4.66. The molecular weight excluding hydrogens is 374 g/mol. The molecule has 4 rings (SSSR count). The van der Waals surface area contributed by atoms with Gasteiger partial charge < -0.3 is 20.5 Å². The molecular formula is C20H27N5O4. The summed E-state index contributed by atoms with van der Waals surface area (Å²) in [5.41, 5.74) is 7.30. The molecule has 1 aromatic rings. The van der Waals surface area contributed by atoms with E-state index in [1.807, 2.05) is 18.2 Å². The molecule has 2 fully saturated rings. The first-order valence-electron chi connectivity index (χ1n) is 10.1. The van der Waals surface area contributed by atoms with Crippen LogP contribution in [-0.2, 0) is 16.1 Å². The van der Waals surface area contributed by atoms with Crippen molar-refractivity contribution in [3.8, 4) is 5.75 Å². The number of likely N-dealkylation sites (tertiary alicyclic amines) is 1. The molecule has 3 heterocycles. The van der Waals surface area contributed by atoms with E-state index in [2.05, 4.69) is 15.2 Å². The lowest BCUT2D eigenvalue weighted by molar-refractivity contribution is -0.124. The minimum absolute atomic E-state index is 0.245. The van der Waals surface area contributed by atoms with E-state index in [9.17, 15) is 14.7 Å². The fraction of sp³-hybridized carbons (Fsp3) is 0.550. The summed E-state index contributed by atoms with van der Waals surface area (Å²) in [4.78, 5) is 32.2. The number of fused-ring (bicyclic) bond motifs is 2. The van der Waals surface area contributed by atoms with Crippen LogP contribution in [0.15, 0.2) is 23.2 Å². The van der Waals surface area contributed by atoms with E-state index < -0.39 is 6.04 Å². The van der Waals surface area contributed by atoms with Crippen LogP contribution in [0.4, 0.5) is 5.69 Å². The summed E-state index contributed by atoms with van der Waals surface area (Å²) in [6.07, 6.45) is 3.94. The van der Waals surface area contributed by atoms with E-state index in [1.54, 1.807) is 4.90 Å². The number of carbonyl (C=O) groups excluding carboxylic acids is 2. The number of aliphatic hydroxyl groups is 1. The van der Waals surface area contributed by atoms with E-state index in [1.165, 1.54) is 6.42 Å². The molecule has 2 amide bonds. The van der Waals surface area contributed by atoms with Crippen molar-refractivity contribution >= 4 is 23.5 Å². The first-order valence-corrected chi connectivity index (χ1v) is 10.1. The van der Waals surface area contributed by atoms with Gasteiger partial charge in [0, 0.05) is 18.5 Å². The quantitative estimate of drug-likeness (QED) is 0.596. The number of guanidine groups is 1. The normalized spacial score (nSPS) is 22.4. The molecule has 2 saturated heterocycles. The average Bonchev–Trinajstić information content (AvgIpc) is 3.03. The third-order valence-corrected chi connectivity index (χ3v) is 5.80. The van der Waals surface area contributed by atoms with Gasteiger partial charge in [-0.25, -0.2) is 4.99 Å². The van der Waals surface area contributed by atoms with Gasteiger partial charge in [0.2, 0.25) is 11.9 Å². The number of rotatable bonds is 7. The van der Waals surface area contributed by atoms with Crippen LogP contribution in [0.1, 0.15) is 31.2 Å². The third kappa shape index (κ3) is 4.06. The van der Waals surface area contributed by atoms with Crippen LogP contribution >= 0.6 is 0 Å². The van der Waals surface area contributed by atoms with Crippen molar-refractivity contribution in [1.29, 1.82) is 0 Å². The molecule has 0 radical (unpaired) electrons. The van der Waals surface area contributed by atoms with Crippen LogP contribution in [0.2, 0.25) is 0 Å². The van der Waals surface area contributed by atoms with Crippen molar-refractivity contribution in [3.63, 3.8) is 0 Å². The highest BCUT2D eigenvalue weighted by molar-refractivity contribution is 6.07. The number of carbonyl (C=O) groups is 2. The smallest absolute Gasteiger partial charge is 0.251 e. The number of nitrogens with two attached hydrogens (primary N) is 1. The standard InChI is InChI=1S/C20H27N5O4/c21-18(27)16(24-7-2-1-3-8-24)6-9-29-14-4-5-15-13(10-14)11-25-17(12-26)19(28)23-20(25)22-15/h4-5,10,16-17,26H,1-3,6-9,11-12H2,(H2,21,27)(H,22,23,28). The minimum atomic E-state index is -0.618. The number of nitrogens with one attached hydrogen (secondary N) is 1. The van der Waals surface area contributed by atoms with Crippen LogP contribution in [0.3, 0.4) is 0 Å². The van der Waals surface area contributed by atoms with Crippen LogP contribution < -0.4 is 15.8 Å². The fourth-order valence-electron chi connectivity index (χ4n) is 4.22. The zero-order valence-electron chi connectivity index (χ0n) is 16.3. The Morgan fingerprint density at radius 3 is 2.86 bits per heavy atom. The van der Waals surface area contributed by atoms with Crippen molar-refractivity contribution in [1.82, 2.24) is 15.1 Å². The number of benzene rings is 1. The second-order valence-electron chi connectivity index (χ2n) is 7.69. The first-order chi connectivity index (χ1) is 14.1. The Morgan fingerprint density at radius 1 is 1.34 bits per heavy atom. The van der Waals surface area contributed by atoms with Gasteiger partial charge in [-0.05, 0) is 44.1 Å². The Balaban J connectivity index is 1.39. The number of ether oxygens (including phenoxy) is 1. The van der Waals surface area contributed by atoms with Crippen molar-refractivity contribution < 1.29 is 19.4 Å². The second-order valence-corrected chi connectivity index (χ2v) is 7.69. The number of hydrogen-bond acceptors (Lipinski definition) is 7. The monoisotopic (exact) mass is 401 g/mol. The third-order valence-electron chi connectivity index (χ3n) is 5.80. The molecule has 156 valence electrons. The molecule has 2 unspecified atom stereocenters. The number of piperidine rings is 1. The van der Waals surface area contributed by atoms with Crippen molar-refractivity contribution in [2.75, 3.05) is 26.3 Å². The van der Waals surface area contributed by atoms with Gasteiger partial charge in [-0.3, -0.25) is 19.8 Å². The predicted molar refractivity (Wildman–Crippen MR) is 107 cm³/mol. The molecule has 2 atom stereocenters. The van der Waals surface area contributed by atoms with Gasteiger partial charge >= 0.3 is 0 Å². The fourth-order valence-corrected chi connectivity index (χ4v) is 4.22. The molecule has 0 aliphatic carbocycles. The number of primary amides is 1. The Hall–Kier alpha value is -2.65. The van der Waals surface area contributed by atoms with Gasteiger partial charge in [0.25, 0.3) is 5.91 Å². The second kappa shape index (κ2) is 8.38. The lowest BCUT2D eigenvalue weighted by Crippen LogP contribution is -2.47. The van der Waals surface area contributed by atoms with Gasteiger partial charge in [0.05, 0.1) is 24.9 Å².